The highest BCUT2D eigenvalue weighted by molar-refractivity contribution is 5.65. The number of para-hydroxylation sites is 1. The number of nitrogens with one attached hydrogen (secondary N) is 2. The molecule has 0 aliphatic heterocycles. The Kier molecular flexibility index (Phi) is 6.91. The van der Waals surface area contributed by atoms with E-state index in [1.165, 1.54) is 0 Å². The molecule has 0 radical (unpaired) electrons. The minimum atomic E-state index is -4.59. The zero-order valence-electron chi connectivity index (χ0n) is 18.5. The largest absolute Gasteiger partial charge is 0.488 e. The Bertz CT molecular complexity index is 1040. The van der Waals surface area contributed by atoms with Crippen molar-refractivity contribution in [3.05, 3.63) is 65.9 Å². The number of aryl methyl sites for hydroxylation is 1. The van der Waals surface area contributed by atoms with Crippen molar-refractivity contribution >= 4 is 23.1 Å². The molecule has 0 aliphatic rings. The van der Waals surface area contributed by atoms with Crippen molar-refractivity contribution in [3.63, 3.8) is 0 Å². The second-order valence-electron chi connectivity index (χ2n) is 8.35. The molecule has 3 aromatic rings. The number of nitrogens with zero attached hydrogens (tertiary/aromatic N) is 2. The number of benzene rings is 2. The van der Waals surface area contributed by atoms with Gasteiger partial charge in [0.2, 0.25) is 5.95 Å². The van der Waals surface area contributed by atoms with E-state index in [0.717, 1.165) is 24.6 Å². The lowest BCUT2D eigenvalue weighted by atomic mass is 10.1. The molecule has 0 aliphatic carbocycles. The molecular formula is C24H27F3N4O. The first-order chi connectivity index (χ1) is 15.0. The highest BCUT2D eigenvalue weighted by Crippen LogP contribution is 2.36. The van der Waals surface area contributed by atoms with Crippen LogP contribution in [-0.4, -0.2) is 15.6 Å². The van der Waals surface area contributed by atoms with E-state index in [1.807, 2.05) is 39.8 Å². The van der Waals surface area contributed by atoms with E-state index in [4.69, 9.17) is 4.74 Å². The second kappa shape index (κ2) is 9.46. The van der Waals surface area contributed by atoms with Gasteiger partial charge in [0.25, 0.3) is 0 Å². The molecule has 3 rings (SSSR count). The van der Waals surface area contributed by atoms with Gasteiger partial charge in [-0.2, -0.15) is 18.2 Å². The van der Waals surface area contributed by atoms with Gasteiger partial charge >= 0.3 is 6.18 Å². The first kappa shape index (κ1) is 23.4. The fourth-order valence-electron chi connectivity index (χ4n) is 3.09. The fourth-order valence-corrected chi connectivity index (χ4v) is 3.09. The summed E-state index contributed by atoms with van der Waals surface area (Å²) in [6.07, 6.45) is -2.19. The first-order valence-corrected chi connectivity index (χ1v) is 10.4. The van der Waals surface area contributed by atoms with Gasteiger partial charge in [-0.05, 0) is 63.1 Å². The molecule has 2 N–H and O–H groups in total. The maximum Gasteiger partial charge on any atom is 0.421 e. The third-order valence-corrected chi connectivity index (χ3v) is 4.42. The van der Waals surface area contributed by atoms with Crippen LogP contribution in [-0.2, 0) is 12.6 Å². The van der Waals surface area contributed by atoms with Gasteiger partial charge in [-0.3, -0.25) is 0 Å². The Hall–Kier alpha value is -3.29. The number of hydrogen-bond acceptors (Lipinski definition) is 5. The zero-order chi connectivity index (χ0) is 23.4. The summed E-state index contributed by atoms with van der Waals surface area (Å²) in [5, 5.41) is 5.82. The molecule has 0 saturated carbocycles. The number of ether oxygens (including phenoxy) is 1. The molecule has 32 heavy (non-hydrogen) atoms. The summed E-state index contributed by atoms with van der Waals surface area (Å²) in [6.45, 7) is 7.86. The van der Waals surface area contributed by atoms with Crippen LogP contribution in [0.15, 0.2) is 54.7 Å². The molecule has 0 fully saturated rings. The predicted octanol–water partition coefficient (Wildman–Crippen LogP) is 7.11. The highest BCUT2D eigenvalue weighted by Gasteiger charge is 2.35. The Balaban J connectivity index is 1.88. The normalized spacial score (nSPS) is 11.8. The average molecular weight is 445 g/mol. The van der Waals surface area contributed by atoms with E-state index in [1.54, 1.807) is 36.4 Å². The lowest BCUT2D eigenvalue weighted by Gasteiger charge is -2.21. The first-order valence-electron chi connectivity index (χ1n) is 10.4. The number of alkyl halides is 3. The molecule has 1 aromatic heterocycles. The number of rotatable bonds is 7. The zero-order valence-corrected chi connectivity index (χ0v) is 18.5. The monoisotopic (exact) mass is 444 g/mol. The van der Waals surface area contributed by atoms with Gasteiger partial charge in [0.15, 0.2) is 0 Å². The number of aromatic nitrogens is 2. The van der Waals surface area contributed by atoms with Crippen molar-refractivity contribution in [1.29, 1.82) is 0 Å². The van der Waals surface area contributed by atoms with Gasteiger partial charge in [0.1, 0.15) is 22.7 Å². The third-order valence-electron chi connectivity index (χ3n) is 4.42. The summed E-state index contributed by atoms with van der Waals surface area (Å²) in [5.74, 6) is 0.440. The fraction of sp³-hybridized carbons (Fsp3) is 0.333. The van der Waals surface area contributed by atoms with E-state index in [0.29, 0.717) is 17.1 Å². The minimum Gasteiger partial charge on any atom is -0.488 e. The summed E-state index contributed by atoms with van der Waals surface area (Å²) in [7, 11) is 0. The number of halogens is 3. The Morgan fingerprint density at radius 3 is 2.25 bits per heavy atom. The lowest BCUT2D eigenvalue weighted by Crippen LogP contribution is -2.22. The molecule has 5 nitrogen and oxygen atoms in total. The van der Waals surface area contributed by atoms with Crippen molar-refractivity contribution < 1.29 is 17.9 Å². The van der Waals surface area contributed by atoms with E-state index >= 15 is 0 Å². The van der Waals surface area contributed by atoms with Gasteiger partial charge in [0, 0.05) is 17.6 Å². The van der Waals surface area contributed by atoms with Crippen LogP contribution < -0.4 is 15.4 Å². The Morgan fingerprint density at radius 1 is 0.938 bits per heavy atom. The van der Waals surface area contributed by atoms with Gasteiger partial charge in [-0.1, -0.05) is 31.5 Å². The topological polar surface area (TPSA) is 59.1 Å². The maximum atomic E-state index is 13.6. The van der Waals surface area contributed by atoms with Gasteiger partial charge in [-0.15, -0.1) is 0 Å². The maximum absolute atomic E-state index is 13.6. The molecule has 2 aromatic carbocycles. The van der Waals surface area contributed by atoms with E-state index in [-0.39, 0.29) is 17.4 Å². The number of anilines is 4. The van der Waals surface area contributed by atoms with E-state index in [2.05, 4.69) is 20.6 Å². The third kappa shape index (κ3) is 6.35. The Morgan fingerprint density at radius 2 is 1.62 bits per heavy atom. The summed E-state index contributed by atoms with van der Waals surface area (Å²) < 4.78 is 46.5. The molecule has 0 bridgehead atoms. The van der Waals surface area contributed by atoms with E-state index < -0.39 is 11.7 Å². The van der Waals surface area contributed by atoms with E-state index in [9.17, 15) is 13.2 Å². The molecule has 0 spiro atoms. The molecule has 8 heteroatoms. The Labute approximate surface area is 186 Å². The smallest absolute Gasteiger partial charge is 0.421 e. The van der Waals surface area contributed by atoms with Gasteiger partial charge in [-0.25, -0.2) is 4.98 Å². The molecular weight excluding hydrogens is 417 g/mol. The van der Waals surface area contributed by atoms with Crippen LogP contribution in [0, 0.1) is 0 Å². The van der Waals surface area contributed by atoms with Crippen LogP contribution in [0.5, 0.6) is 5.75 Å². The quantitative estimate of drug-likeness (QED) is 0.407. The van der Waals surface area contributed by atoms with Crippen molar-refractivity contribution in [3.8, 4) is 5.75 Å². The standard InChI is InChI=1S/C24H27F3N4O/c1-5-8-16-9-6-7-10-20(16)30-21-19(24(25,26)27)15-28-22(31-21)29-17-11-13-18(14-12-17)32-23(2,3)4/h6-7,9-15H,5,8H2,1-4H3,(H2,28,29,30,31). The van der Waals surface area contributed by atoms with Crippen molar-refractivity contribution in [2.75, 3.05) is 10.6 Å². The van der Waals surface area contributed by atoms with Crippen LogP contribution in [0.25, 0.3) is 0 Å². The molecule has 0 amide bonds. The second-order valence-corrected chi connectivity index (χ2v) is 8.35. The summed E-state index contributed by atoms with van der Waals surface area (Å²) >= 11 is 0. The molecule has 170 valence electrons. The van der Waals surface area contributed by atoms with Crippen molar-refractivity contribution in [1.82, 2.24) is 9.97 Å². The number of hydrogen-bond donors (Lipinski definition) is 2. The molecule has 0 atom stereocenters. The lowest BCUT2D eigenvalue weighted by molar-refractivity contribution is -0.137. The SMILES string of the molecule is CCCc1ccccc1Nc1nc(Nc2ccc(OC(C)(C)C)cc2)ncc1C(F)(F)F. The highest BCUT2D eigenvalue weighted by atomic mass is 19.4. The van der Waals surface area contributed by atoms with Crippen LogP contribution >= 0.6 is 0 Å². The van der Waals surface area contributed by atoms with Crippen LogP contribution in [0.4, 0.5) is 36.3 Å². The van der Waals surface area contributed by atoms with Gasteiger partial charge in [0.05, 0.1) is 0 Å². The molecule has 0 saturated heterocycles. The predicted molar refractivity (Wildman–Crippen MR) is 121 cm³/mol. The summed E-state index contributed by atoms with van der Waals surface area (Å²) in [4.78, 5) is 8.00. The van der Waals surface area contributed by atoms with Crippen LogP contribution in [0.3, 0.4) is 0 Å². The molecule has 0 unspecified atom stereocenters. The average Bonchev–Trinajstić information content (AvgIpc) is 2.69. The summed E-state index contributed by atoms with van der Waals surface area (Å²) in [6, 6.07) is 14.3. The molecule has 1 heterocycles. The van der Waals surface area contributed by atoms with Gasteiger partial charge < -0.3 is 15.4 Å². The minimum absolute atomic E-state index is 0.0537. The summed E-state index contributed by atoms with van der Waals surface area (Å²) in [5.41, 5.74) is 0.880. The van der Waals surface area contributed by atoms with Crippen molar-refractivity contribution in [2.24, 2.45) is 0 Å². The van der Waals surface area contributed by atoms with Crippen molar-refractivity contribution in [2.45, 2.75) is 52.3 Å². The van der Waals surface area contributed by atoms with Crippen LogP contribution in [0.2, 0.25) is 0 Å². The van der Waals surface area contributed by atoms with Crippen LogP contribution in [0.1, 0.15) is 45.2 Å².